The molecule has 0 unspecified atom stereocenters. The maximum atomic E-state index is 14.6. The Labute approximate surface area is 171 Å². The third-order valence-electron chi connectivity index (χ3n) is 4.97. The van der Waals surface area contributed by atoms with E-state index >= 15 is 0 Å². The number of fused-ring (bicyclic) bond motifs is 1. The molecular formula is C22H18CmF3N4O-. The molecule has 1 saturated carbocycles. The Morgan fingerprint density at radius 2 is 1.90 bits per heavy atom. The van der Waals surface area contributed by atoms with E-state index in [4.69, 9.17) is 11.2 Å². The summed E-state index contributed by atoms with van der Waals surface area (Å²) >= 11 is 0. The van der Waals surface area contributed by atoms with Crippen LogP contribution < -0.4 is 10.1 Å². The van der Waals surface area contributed by atoms with Crippen molar-refractivity contribution in [2.24, 2.45) is 0 Å². The van der Waals surface area contributed by atoms with Gasteiger partial charge in [-0.05, 0) is 12.8 Å². The second-order valence-electron chi connectivity index (χ2n) is 6.98. The average molecular weight is 658 g/mol. The van der Waals surface area contributed by atoms with Gasteiger partial charge >= 0.3 is 0 Å². The number of aromatic nitrogens is 3. The maximum absolute atomic E-state index is 14.6. The fraction of sp³-hybridized carbons (Fsp3) is 0.273. The molecule has 1 atom stereocenters. The number of methoxy groups -OCH3 is 1. The molecule has 1 aliphatic carbocycles. The Hall–Kier alpha value is -4.47. The van der Waals surface area contributed by atoms with Gasteiger partial charge in [-0.1, -0.05) is 31.0 Å². The Balaban J connectivity index is 0.00000272. The fourth-order valence-electron chi connectivity index (χ4n) is 3.31. The van der Waals surface area contributed by atoms with Gasteiger partial charge in [0.25, 0.3) is 6.43 Å². The molecule has 5 nitrogen and oxygen atoms in total. The summed E-state index contributed by atoms with van der Waals surface area (Å²) in [4.78, 5) is 13.0. The Kier molecular flexibility index (Phi) is 5.56. The Morgan fingerprint density at radius 1 is 1.19 bits per heavy atom. The number of benzene rings is 1. The third-order valence-corrected chi connectivity index (χ3v) is 4.97. The second-order valence-corrected chi connectivity index (χ2v) is 6.98. The van der Waals surface area contributed by atoms with Crippen molar-refractivity contribution < 1.29 is 17.9 Å². The number of halogens is 3. The number of nitrogens with one attached hydrogen (secondary N) is 1. The van der Waals surface area contributed by atoms with Crippen molar-refractivity contribution in [3.8, 4) is 18.2 Å². The number of anilines is 1. The van der Waals surface area contributed by atoms with Gasteiger partial charge in [0, 0.05) is 10.9 Å². The Bertz CT molecular complexity index is 1160. The average Bonchev–Trinajstić information content (AvgIpc) is 3.57. The fourth-order valence-corrected chi connectivity index (χ4v) is 3.31. The topological polar surface area (TPSA) is 59.9 Å². The Morgan fingerprint density at radius 3 is 2.52 bits per heavy atom. The number of alkyl halides is 2. The quantitative estimate of drug-likeness (QED) is 0.299. The van der Waals surface area contributed by atoms with Gasteiger partial charge < -0.3 is 10.1 Å². The second kappa shape index (κ2) is 8.11. The van der Waals surface area contributed by atoms with E-state index in [1.54, 1.807) is 6.92 Å². The summed E-state index contributed by atoms with van der Waals surface area (Å²) in [6.07, 6.45) is 4.49. The zero-order valence-electron chi connectivity index (χ0n) is 16.7. The van der Waals surface area contributed by atoms with E-state index in [0.717, 1.165) is 24.5 Å². The molecule has 0 radical (unpaired) electrons. The standard InChI is InChI=1S/C22H18F3N4O.Cm/c1-4-17-27-20(26-11(2)13-6-5-7-14(18(13)23)19(24)25)16-10-15(12-8-9-12)22(30-3)29-21(16)28-17;/h1,5-7,10-11,19H,8-9H2,2-3H3,(H,26,27,28,29);/q-1;/t11-;/m1./s1. The van der Waals surface area contributed by atoms with E-state index in [9.17, 15) is 13.2 Å². The summed E-state index contributed by atoms with van der Waals surface area (Å²) in [7, 11) is 1.53. The van der Waals surface area contributed by atoms with Crippen molar-refractivity contribution in [1.29, 1.82) is 0 Å². The molecule has 4 rings (SSSR count). The molecule has 1 aliphatic rings. The third kappa shape index (κ3) is 3.86. The van der Waals surface area contributed by atoms with Gasteiger partial charge in [0.15, 0.2) is 0 Å². The monoisotopic (exact) mass is 654 g/mol. The minimum atomic E-state index is -2.90. The van der Waals surface area contributed by atoms with Gasteiger partial charge in [-0.15, -0.1) is 18.1 Å². The molecule has 31 heavy (non-hydrogen) atoms. The molecule has 162 valence electrons. The van der Waals surface area contributed by atoms with Crippen LogP contribution >= 0.6 is 0 Å². The van der Waals surface area contributed by atoms with Crippen molar-refractivity contribution in [3.05, 3.63) is 58.5 Å². The van der Waals surface area contributed by atoms with Gasteiger partial charge in [0.1, 0.15) is 23.2 Å². The van der Waals surface area contributed by atoms with Crippen molar-refractivity contribution in [3.63, 3.8) is 0 Å². The minimum Gasteiger partial charge on any atom is -0.537 e. The van der Waals surface area contributed by atoms with Gasteiger partial charge in [0.2, 0.25) is 5.82 Å². The van der Waals surface area contributed by atoms with Crippen LogP contribution in [0.15, 0.2) is 24.3 Å². The predicted octanol–water partition coefficient (Wildman–Crippen LogP) is 4.98. The molecule has 0 bridgehead atoms. The number of hydrogen-bond donors (Lipinski definition) is 1. The number of nitrogens with zero attached hydrogens (tertiary/aromatic N) is 3. The van der Waals surface area contributed by atoms with E-state index in [-0.39, 0.29) is 11.4 Å². The van der Waals surface area contributed by atoms with Crippen LogP contribution in [0.3, 0.4) is 0 Å². The first-order chi connectivity index (χ1) is 14.4. The first kappa shape index (κ1) is 21.2. The summed E-state index contributed by atoms with van der Waals surface area (Å²) in [6, 6.07) is 5.13. The number of hydrogen-bond acceptors (Lipinski definition) is 5. The molecule has 9 heteroatoms. The molecule has 1 N–H and O–H groups in total. The van der Waals surface area contributed by atoms with Gasteiger partial charge in [0.05, 0.1) is 18.7 Å². The van der Waals surface area contributed by atoms with Gasteiger partial charge in [-0.2, -0.15) is 5.92 Å². The molecule has 1 fully saturated rings. The first-order valence-electron chi connectivity index (χ1n) is 9.34. The predicted molar refractivity (Wildman–Crippen MR) is 107 cm³/mol. The summed E-state index contributed by atoms with van der Waals surface area (Å²) in [5.41, 5.74) is 0.650. The number of pyridine rings is 1. The van der Waals surface area contributed by atoms with E-state index < -0.39 is 23.8 Å². The zero-order valence-corrected chi connectivity index (χ0v) is 19.6. The van der Waals surface area contributed by atoms with Crippen molar-refractivity contribution in [1.82, 2.24) is 15.0 Å². The summed E-state index contributed by atoms with van der Waals surface area (Å²) < 4.78 is 46.1. The largest absolute Gasteiger partial charge is 0.537 e. The smallest absolute Gasteiger partial charge is 0.266 e. The number of rotatable bonds is 6. The molecule has 3 aromatic rings. The molecule has 0 aliphatic heterocycles. The van der Waals surface area contributed by atoms with E-state index in [1.165, 1.54) is 25.2 Å². The van der Waals surface area contributed by atoms with Crippen LogP contribution in [0.5, 0.6) is 5.88 Å². The van der Waals surface area contributed by atoms with Crippen LogP contribution in [-0.4, -0.2) is 22.1 Å². The van der Waals surface area contributed by atoms with E-state index in [0.29, 0.717) is 22.7 Å². The summed E-state index contributed by atoms with van der Waals surface area (Å²) in [5, 5.41) is 3.67. The molecule has 1 aromatic carbocycles. The summed E-state index contributed by atoms with van der Waals surface area (Å²) in [5.74, 6) is 3.53. The maximum Gasteiger partial charge on any atom is 0.266 e. The normalized spacial score (nSPS) is 13.5. The molecule has 0 amide bonds. The van der Waals surface area contributed by atoms with Crippen molar-refractivity contribution in [2.75, 3.05) is 12.4 Å². The summed E-state index contributed by atoms with van der Waals surface area (Å²) in [6.45, 7) is 1.66. The van der Waals surface area contributed by atoms with Crippen LogP contribution in [0.4, 0.5) is 19.0 Å². The number of terminal acetylenes is 1. The molecule has 0 saturated heterocycles. The van der Waals surface area contributed by atoms with Crippen molar-refractivity contribution >= 4 is 16.9 Å². The number of ether oxygens (including phenoxy) is 1. The zero-order chi connectivity index (χ0) is 21.4. The molecule has 0 spiro atoms. The first-order valence-corrected chi connectivity index (χ1v) is 9.34. The van der Waals surface area contributed by atoms with Crippen LogP contribution in [0.1, 0.15) is 54.7 Å². The van der Waals surface area contributed by atoms with Gasteiger partial charge in [-0.25, -0.2) is 23.1 Å². The van der Waals surface area contributed by atoms with E-state index in [1.807, 2.05) is 6.07 Å². The van der Waals surface area contributed by atoms with Crippen LogP contribution in [-0.2, 0) is 0 Å². The SMILES string of the molecule is C#Cc1nc(N[C@H](C)c2cccc(C(F)F)c2F)c2cc([C-]3CC3)c(OC)nc2n1.[Cm]. The van der Waals surface area contributed by atoms with Crippen molar-refractivity contribution in [2.45, 2.75) is 32.2 Å². The molecule has 2 aromatic heterocycles. The van der Waals surface area contributed by atoms with Gasteiger partial charge in [-0.3, -0.25) is 4.98 Å². The van der Waals surface area contributed by atoms with Crippen LogP contribution in [0.25, 0.3) is 11.0 Å². The molecule has 2 heterocycles. The van der Waals surface area contributed by atoms with Crippen LogP contribution in [0, 0.1) is 24.1 Å². The molecular weight excluding hydrogens is 640 g/mol. The van der Waals surface area contributed by atoms with E-state index in [2.05, 4.69) is 26.2 Å². The minimum absolute atomic E-state index is 0. The van der Waals surface area contributed by atoms with Crippen LogP contribution in [0.2, 0.25) is 0 Å².